The van der Waals surface area contributed by atoms with Gasteiger partial charge in [0.25, 0.3) is 0 Å². The summed E-state index contributed by atoms with van der Waals surface area (Å²) in [4.78, 5) is 0. The average Bonchev–Trinajstić information content (AvgIpc) is 2.33. The summed E-state index contributed by atoms with van der Waals surface area (Å²) in [6.07, 6.45) is 11.3. The lowest BCUT2D eigenvalue weighted by atomic mass is 9.82. The normalized spacial score (nSPS) is 18.3. The first-order valence-electron chi connectivity index (χ1n) is 8.51. The van der Waals surface area contributed by atoms with E-state index in [1.54, 1.807) is 0 Å². The molecule has 4 atom stereocenters. The third-order valence-electron chi connectivity index (χ3n) is 4.69. The third kappa shape index (κ3) is 9.00. The predicted octanol–water partition coefficient (Wildman–Crippen LogP) is 6.69. The Kier molecular flexibility index (Phi) is 10.9. The van der Waals surface area contributed by atoms with E-state index >= 15 is 0 Å². The van der Waals surface area contributed by atoms with Crippen molar-refractivity contribution in [3.63, 3.8) is 0 Å². The first kappa shape index (κ1) is 18.0. The molecule has 18 heavy (non-hydrogen) atoms. The van der Waals surface area contributed by atoms with E-state index in [0.717, 1.165) is 23.7 Å². The van der Waals surface area contributed by atoms with Crippen LogP contribution in [0.1, 0.15) is 92.9 Å². The van der Waals surface area contributed by atoms with Gasteiger partial charge in [0, 0.05) is 0 Å². The molecule has 0 aliphatic heterocycles. The van der Waals surface area contributed by atoms with Crippen LogP contribution in [0.15, 0.2) is 0 Å². The Morgan fingerprint density at radius 3 is 1.83 bits per heavy atom. The minimum Gasteiger partial charge on any atom is -0.0654 e. The molecule has 0 spiro atoms. The maximum absolute atomic E-state index is 2.47. The monoisotopic (exact) mass is 254 g/mol. The first-order valence-corrected chi connectivity index (χ1v) is 8.51. The molecule has 4 unspecified atom stereocenters. The molecule has 0 rings (SSSR count). The fourth-order valence-electron chi connectivity index (χ4n) is 3.01. The van der Waals surface area contributed by atoms with Crippen LogP contribution in [0.25, 0.3) is 0 Å². The Morgan fingerprint density at radius 1 is 0.611 bits per heavy atom. The molecule has 0 aliphatic carbocycles. The molecular weight excluding hydrogens is 216 g/mol. The number of hydrogen-bond donors (Lipinski definition) is 0. The van der Waals surface area contributed by atoms with E-state index in [0.29, 0.717) is 0 Å². The molecule has 0 amide bonds. The molecule has 0 heteroatoms. The van der Waals surface area contributed by atoms with Crippen molar-refractivity contribution in [2.75, 3.05) is 0 Å². The molecule has 0 saturated heterocycles. The summed E-state index contributed by atoms with van der Waals surface area (Å²) < 4.78 is 0. The van der Waals surface area contributed by atoms with Crippen LogP contribution in [0.4, 0.5) is 0 Å². The topological polar surface area (TPSA) is 0 Å². The van der Waals surface area contributed by atoms with E-state index in [4.69, 9.17) is 0 Å². The van der Waals surface area contributed by atoms with Gasteiger partial charge in [0.1, 0.15) is 0 Å². The number of hydrogen-bond acceptors (Lipinski definition) is 0. The van der Waals surface area contributed by atoms with Crippen LogP contribution in [0.2, 0.25) is 0 Å². The van der Waals surface area contributed by atoms with Crippen molar-refractivity contribution in [3.8, 4) is 0 Å². The summed E-state index contributed by atoms with van der Waals surface area (Å²) in [6, 6.07) is 0. The Bertz CT molecular complexity index is 173. The van der Waals surface area contributed by atoms with Crippen LogP contribution in [0.3, 0.4) is 0 Å². The van der Waals surface area contributed by atoms with Crippen LogP contribution in [0.5, 0.6) is 0 Å². The average molecular weight is 255 g/mol. The van der Waals surface area contributed by atoms with Crippen molar-refractivity contribution < 1.29 is 0 Å². The molecule has 0 saturated carbocycles. The molecule has 0 radical (unpaired) electrons. The summed E-state index contributed by atoms with van der Waals surface area (Å²) in [5, 5.41) is 0. The van der Waals surface area contributed by atoms with Gasteiger partial charge in [-0.05, 0) is 30.1 Å². The van der Waals surface area contributed by atoms with Gasteiger partial charge < -0.3 is 0 Å². The van der Waals surface area contributed by atoms with Crippen LogP contribution < -0.4 is 0 Å². The van der Waals surface area contributed by atoms with Crippen LogP contribution >= 0.6 is 0 Å². The largest absolute Gasteiger partial charge is 0.0654 e. The summed E-state index contributed by atoms with van der Waals surface area (Å²) >= 11 is 0. The second-order valence-electron chi connectivity index (χ2n) is 6.91. The van der Waals surface area contributed by atoms with Crippen molar-refractivity contribution in [1.29, 1.82) is 0 Å². The van der Waals surface area contributed by atoms with Gasteiger partial charge >= 0.3 is 0 Å². The maximum atomic E-state index is 2.47. The smallest absolute Gasteiger partial charge is 0.0414 e. The molecule has 0 bridgehead atoms. The molecule has 0 aliphatic rings. The molecule has 0 nitrogen and oxygen atoms in total. The number of rotatable bonds is 11. The zero-order valence-electron chi connectivity index (χ0n) is 14.0. The maximum Gasteiger partial charge on any atom is -0.0414 e. The van der Waals surface area contributed by atoms with Crippen molar-refractivity contribution in [1.82, 2.24) is 0 Å². The lowest BCUT2D eigenvalue weighted by Gasteiger charge is -2.24. The zero-order chi connectivity index (χ0) is 14.0. The number of unbranched alkanes of at least 4 members (excludes halogenated alkanes) is 1. The van der Waals surface area contributed by atoms with Crippen molar-refractivity contribution in [2.24, 2.45) is 23.7 Å². The molecule has 0 heterocycles. The van der Waals surface area contributed by atoms with Gasteiger partial charge in [-0.25, -0.2) is 0 Å². The molecular formula is C18H38. The molecule has 0 aromatic heterocycles. The Hall–Kier alpha value is 0. The van der Waals surface area contributed by atoms with Crippen molar-refractivity contribution >= 4 is 0 Å². The van der Waals surface area contributed by atoms with Gasteiger partial charge in [-0.2, -0.15) is 0 Å². The summed E-state index contributed by atoms with van der Waals surface area (Å²) in [6.45, 7) is 14.4. The second kappa shape index (κ2) is 10.9. The SMILES string of the molecule is CCCCC(C)CCC(C)C(C)CC(C)CCC. The summed E-state index contributed by atoms with van der Waals surface area (Å²) in [5.41, 5.74) is 0. The van der Waals surface area contributed by atoms with E-state index < -0.39 is 0 Å². The van der Waals surface area contributed by atoms with Gasteiger partial charge in [0.2, 0.25) is 0 Å². The Labute approximate surface area is 117 Å². The van der Waals surface area contributed by atoms with Gasteiger partial charge in [0.05, 0.1) is 0 Å². The summed E-state index contributed by atoms with van der Waals surface area (Å²) in [7, 11) is 0. The predicted molar refractivity (Wildman–Crippen MR) is 84.9 cm³/mol. The van der Waals surface area contributed by atoms with Crippen molar-refractivity contribution in [3.05, 3.63) is 0 Å². The fourth-order valence-corrected chi connectivity index (χ4v) is 3.01. The second-order valence-corrected chi connectivity index (χ2v) is 6.91. The molecule has 0 aromatic carbocycles. The molecule has 0 N–H and O–H groups in total. The Balaban J connectivity index is 3.75. The first-order chi connectivity index (χ1) is 8.51. The van der Waals surface area contributed by atoms with Gasteiger partial charge in [-0.1, -0.05) is 86.5 Å². The highest BCUT2D eigenvalue weighted by Crippen LogP contribution is 2.27. The van der Waals surface area contributed by atoms with Gasteiger partial charge in [0.15, 0.2) is 0 Å². The van der Waals surface area contributed by atoms with E-state index in [-0.39, 0.29) is 0 Å². The van der Waals surface area contributed by atoms with Crippen LogP contribution in [-0.2, 0) is 0 Å². The van der Waals surface area contributed by atoms with E-state index in [9.17, 15) is 0 Å². The highest BCUT2D eigenvalue weighted by molar-refractivity contribution is 4.67. The molecule has 110 valence electrons. The van der Waals surface area contributed by atoms with E-state index in [1.807, 2.05) is 0 Å². The lowest BCUT2D eigenvalue weighted by molar-refractivity contribution is 0.272. The fraction of sp³-hybridized carbons (Fsp3) is 1.00. The van der Waals surface area contributed by atoms with Crippen LogP contribution in [0, 0.1) is 23.7 Å². The standard InChI is InChI=1S/C18H38/c1-7-9-11-15(3)12-13-17(5)18(6)14-16(4)10-8-2/h15-18H,7-14H2,1-6H3. The minimum absolute atomic E-state index is 0.907. The van der Waals surface area contributed by atoms with Gasteiger partial charge in [-0.3, -0.25) is 0 Å². The van der Waals surface area contributed by atoms with E-state index in [2.05, 4.69) is 41.5 Å². The zero-order valence-corrected chi connectivity index (χ0v) is 14.0. The molecule has 0 fully saturated rings. The lowest BCUT2D eigenvalue weighted by Crippen LogP contribution is -2.13. The van der Waals surface area contributed by atoms with Crippen molar-refractivity contribution in [2.45, 2.75) is 92.9 Å². The third-order valence-corrected chi connectivity index (χ3v) is 4.69. The summed E-state index contributed by atoms with van der Waals surface area (Å²) in [5.74, 6) is 3.68. The van der Waals surface area contributed by atoms with Gasteiger partial charge in [-0.15, -0.1) is 0 Å². The quantitative estimate of drug-likeness (QED) is 0.385. The molecule has 0 aromatic rings. The minimum atomic E-state index is 0.907. The van der Waals surface area contributed by atoms with E-state index in [1.165, 1.54) is 51.4 Å². The highest BCUT2D eigenvalue weighted by atomic mass is 14.2. The van der Waals surface area contributed by atoms with Crippen LogP contribution in [-0.4, -0.2) is 0 Å². The highest BCUT2D eigenvalue weighted by Gasteiger charge is 2.16. The Morgan fingerprint density at radius 2 is 1.28 bits per heavy atom.